The number of nitrogens with zero attached hydrogens (tertiary/aromatic N) is 3. The topological polar surface area (TPSA) is 59.3 Å². The lowest BCUT2D eigenvalue weighted by molar-refractivity contribution is -0.115. The molecule has 3 heterocycles. The van der Waals surface area contributed by atoms with Gasteiger partial charge in [-0.2, -0.15) is 0 Å². The van der Waals surface area contributed by atoms with Gasteiger partial charge in [0.15, 0.2) is 4.96 Å². The molecular weight excluding hydrogens is 332 g/mol. The van der Waals surface area contributed by atoms with E-state index in [0.29, 0.717) is 5.82 Å². The van der Waals surface area contributed by atoms with E-state index in [1.165, 1.54) is 16.9 Å². The van der Waals surface area contributed by atoms with Gasteiger partial charge in [-0.05, 0) is 19.1 Å². The van der Waals surface area contributed by atoms with Crippen molar-refractivity contribution in [3.63, 3.8) is 0 Å². The van der Waals surface area contributed by atoms with Crippen molar-refractivity contribution in [3.8, 4) is 11.3 Å². The van der Waals surface area contributed by atoms with Crippen molar-refractivity contribution in [2.45, 2.75) is 13.3 Å². The number of thiazole rings is 1. The molecular formula is C19H16N4OS. The highest BCUT2D eigenvalue weighted by molar-refractivity contribution is 7.15. The first-order valence-electron chi connectivity index (χ1n) is 7.92. The van der Waals surface area contributed by atoms with Crippen LogP contribution < -0.4 is 5.32 Å². The van der Waals surface area contributed by atoms with E-state index in [1.807, 2.05) is 28.1 Å². The Morgan fingerprint density at radius 2 is 2.04 bits per heavy atom. The van der Waals surface area contributed by atoms with Crippen LogP contribution in [0, 0.1) is 6.92 Å². The van der Waals surface area contributed by atoms with Crippen LogP contribution in [0.4, 0.5) is 5.82 Å². The third-order valence-corrected chi connectivity index (χ3v) is 4.79. The minimum absolute atomic E-state index is 0.0935. The van der Waals surface area contributed by atoms with Gasteiger partial charge >= 0.3 is 0 Å². The summed E-state index contributed by atoms with van der Waals surface area (Å²) in [6, 6.07) is 13.7. The highest BCUT2D eigenvalue weighted by Gasteiger charge is 2.13. The van der Waals surface area contributed by atoms with E-state index in [1.54, 1.807) is 12.3 Å². The van der Waals surface area contributed by atoms with E-state index in [2.05, 4.69) is 46.5 Å². The van der Waals surface area contributed by atoms with E-state index < -0.39 is 0 Å². The molecule has 1 amide bonds. The fourth-order valence-electron chi connectivity index (χ4n) is 2.61. The molecule has 0 saturated heterocycles. The third kappa shape index (κ3) is 3.29. The molecule has 6 heteroatoms. The molecule has 5 nitrogen and oxygen atoms in total. The second kappa shape index (κ2) is 6.49. The summed E-state index contributed by atoms with van der Waals surface area (Å²) in [6.45, 7) is 2.06. The number of hydrogen-bond donors (Lipinski definition) is 1. The highest BCUT2D eigenvalue weighted by atomic mass is 32.1. The Bertz CT molecular complexity index is 1020. The lowest BCUT2D eigenvalue weighted by Crippen LogP contribution is -2.15. The number of rotatable bonds is 4. The van der Waals surface area contributed by atoms with Gasteiger partial charge in [-0.1, -0.05) is 35.9 Å². The Kier molecular flexibility index (Phi) is 4.03. The van der Waals surface area contributed by atoms with Gasteiger partial charge in [0, 0.05) is 29.0 Å². The Morgan fingerprint density at radius 1 is 1.20 bits per heavy atom. The Labute approximate surface area is 149 Å². The number of carbonyl (C=O) groups is 1. The smallest absolute Gasteiger partial charge is 0.231 e. The molecule has 3 aromatic heterocycles. The molecule has 0 aliphatic heterocycles. The standard InChI is InChI=1S/C19H16N4OS/c1-13-5-7-14(8-6-13)16-11-23-15(12-25-19(23)21-16)10-18(24)22-17-4-2-3-9-20-17/h2-9,11-12H,10H2,1H3,(H,20,22,24). The van der Waals surface area contributed by atoms with Gasteiger partial charge in [-0.3, -0.25) is 9.20 Å². The first-order chi connectivity index (χ1) is 12.2. The van der Waals surface area contributed by atoms with Crippen molar-refractivity contribution in [2.75, 3.05) is 5.32 Å². The molecule has 0 atom stereocenters. The molecule has 1 aromatic carbocycles. The first-order valence-corrected chi connectivity index (χ1v) is 8.80. The van der Waals surface area contributed by atoms with Gasteiger partial charge in [-0.15, -0.1) is 11.3 Å². The van der Waals surface area contributed by atoms with E-state index >= 15 is 0 Å². The van der Waals surface area contributed by atoms with Gasteiger partial charge in [0.2, 0.25) is 5.91 Å². The van der Waals surface area contributed by atoms with Crippen molar-refractivity contribution in [2.24, 2.45) is 0 Å². The van der Waals surface area contributed by atoms with Crippen molar-refractivity contribution in [1.82, 2.24) is 14.4 Å². The second-order valence-electron chi connectivity index (χ2n) is 5.81. The van der Waals surface area contributed by atoms with Crippen LogP contribution in [0.2, 0.25) is 0 Å². The molecule has 0 aliphatic rings. The van der Waals surface area contributed by atoms with Gasteiger partial charge < -0.3 is 5.32 Å². The molecule has 0 unspecified atom stereocenters. The maximum absolute atomic E-state index is 12.3. The number of nitrogens with one attached hydrogen (secondary N) is 1. The summed E-state index contributed by atoms with van der Waals surface area (Å²) in [5.41, 5.74) is 4.12. The van der Waals surface area contributed by atoms with Crippen LogP contribution >= 0.6 is 11.3 Å². The summed E-state index contributed by atoms with van der Waals surface area (Å²) in [5, 5.41) is 4.78. The quantitative estimate of drug-likeness (QED) is 0.607. The zero-order chi connectivity index (χ0) is 17.2. The Balaban J connectivity index is 1.56. The molecule has 25 heavy (non-hydrogen) atoms. The van der Waals surface area contributed by atoms with Crippen LogP contribution in [0.3, 0.4) is 0 Å². The number of fused-ring (bicyclic) bond motifs is 1. The molecule has 0 spiro atoms. The number of benzene rings is 1. The fraction of sp³-hybridized carbons (Fsp3) is 0.105. The van der Waals surface area contributed by atoms with Gasteiger partial charge in [0.25, 0.3) is 0 Å². The Morgan fingerprint density at radius 3 is 2.80 bits per heavy atom. The van der Waals surface area contributed by atoms with Crippen molar-refractivity contribution in [1.29, 1.82) is 0 Å². The number of aryl methyl sites for hydroxylation is 1. The summed E-state index contributed by atoms with van der Waals surface area (Å²) >= 11 is 1.54. The average Bonchev–Trinajstić information content (AvgIpc) is 3.18. The molecule has 1 N–H and O–H groups in total. The summed E-state index contributed by atoms with van der Waals surface area (Å²) < 4.78 is 1.98. The SMILES string of the molecule is Cc1ccc(-c2cn3c(CC(=O)Nc4ccccn4)csc3n2)cc1. The predicted molar refractivity (Wildman–Crippen MR) is 99.8 cm³/mol. The minimum Gasteiger partial charge on any atom is -0.310 e. The predicted octanol–water partition coefficient (Wildman–Crippen LogP) is 3.95. The zero-order valence-corrected chi connectivity index (χ0v) is 14.5. The maximum Gasteiger partial charge on any atom is 0.231 e. The molecule has 0 aliphatic carbocycles. The van der Waals surface area contributed by atoms with E-state index in [-0.39, 0.29) is 12.3 Å². The fourth-order valence-corrected chi connectivity index (χ4v) is 3.48. The minimum atomic E-state index is -0.0935. The van der Waals surface area contributed by atoms with Gasteiger partial charge in [0.05, 0.1) is 12.1 Å². The van der Waals surface area contributed by atoms with Gasteiger partial charge in [-0.25, -0.2) is 9.97 Å². The molecule has 4 aromatic rings. The lowest BCUT2D eigenvalue weighted by atomic mass is 10.1. The van der Waals surface area contributed by atoms with Crippen molar-refractivity contribution < 1.29 is 4.79 Å². The third-order valence-electron chi connectivity index (χ3n) is 3.90. The summed E-state index contributed by atoms with van der Waals surface area (Å²) in [5.74, 6) is 0.467. The van der Waals surface area contributed by atoms with Crippen molar-refractivity contribution in [3.05, 3.63) is 71.5 Å². The maximum atomic E-state index is 12.3. The number of hydrogen-bond acceptors (Lipinski definition) is 4. The number of pyridine rings is 1. The first kappa shape index (κ1) is 15.5. The lowest BCUT2D eigenvalue weighted by Gasteiger charge is -2.03. The summed E-state index contributed by atoms with van der Waals surface area (Å²) in [7, 11) is 0. The number of aromatic nitrogens is 3. The van der Waals surface area contributed by atoms with Crippen LogP contribution in [-0.4, -0.2) is 20.3 Å². The second-order valence-corrected chi connectivity index (χ2v) is 6.65. The average molecular weight is 348 g/mol. The van der Waals surface area contributed by atoms with Crippen molar-refractivity contribution >= 4 is 28.0 Å². The molecule has 0 bridgehead atoms. The number of anilines is 1. The Hall–Kier alpha value is -2.99. The molecule has 0 saturated carbocycles. The van der Waals surface area contributed by atoms with Crippen LogP contribution in [-0.2, 0) is 11.2 Å². The van der Waals surface area contributed by atoms with Crippen LogP contribution in [0.25, 0.3) is 16.2 Å². The van der Waals surface area contributed by atoms with Crippen LogP contribution in [0.1, 0.15) is 11.3 Å². The molecule has 124 valence electrons. The van der Waals surface area contributed by atoms with Crippen LogP contribution in [0.15, 0.2) is 60.2 Å². The van der Waals surface area contributed by atoms with Gasteiger partial charge in [0.1, 0.15) is 5.82 Å². The summed E-state index contributed by atoms with van der Waals surface area (Å²) in [6.07, 6.45) is 3.92. The zero-order valence-electron chi connectivity index (χ0n) is 13.6. The molecule has 0 radical (unpaired) electrons. The largest absolute Gasteiger partial charge is 0.310 e. The number of amides is 1. The molecule has 0 fully saturated rings. The number of imidazole rings is 1. The van der Waals surface area contributed by atoms with E-state index in [0.717, 1.165) is 21.9 Å². The number of carbonyl (C=O) groups excluding carboxylic acids is 1. The normalized spacial score (nSPS) is 10.9. The van der Waals surface area contributed by atoms with Crippen LogP contribution in [0.5, 0.6) is 0 Å². The summed E-state index contributed by atoms with van der Waals surface area (Å²) in [4.78, 5) is 21.9. The van der Waals surface area contributed by atoms with E-state index in [4.69, 9.17) is 0 Å². The monoisotopic (exact) mass is 348 g/mol. The molecule has 4 rings (SSSR count). The highest BCUT2D eigenvalue weighted by Crippen LogP contribution is 2.24. The van der Waals surface area contributed by atoms with E-state index in [9.17, 15) is 4.79 Å².